The number of ether oxygens (including phenoxy) is 2. The maximum Gasteiger partial charge on any atom is 0.251 e. The summed E-state index contributed by atoms with van der Waals surface area (Å²) in [7, 11) is -3.34. The van der Waals surface area contributed by atoms with Gasteiger partial charge in [-0.1, -0.05) is 6.92 Å². The van der Waals surface area contributed by atoms with Crippen LogP contribution in [0.5, 0.6) is 0 Å². The van der Waals surface area contributed by atoms with Crippen LogP contribution in [0.25, 0.3) is 0 Å². The molecule has 0 saturated carbocycles. The van der Waals surface area contributed by atoms with Gasteiger partial charge in [0.05, 0.1) is 18.0 Å². The summed E-state index contributed by atoms with van der Waals surface area (Å²) >= 11 is 0. The second-order valence-electron chi connectivity index (χ2n) is 6.20. The number of amides is 1. The lowest BCUT2D eigenvalue weighted by molar-refractivity contribution is -0.145. The van der Waals surface area contributed by atoms with Gasteiger partial charge in [0.25, 0.3) is 5.91 Å². The second kappa shape index (κ2) is 8.41. The minimum absolute atomic E-state index is 0.0689. The van der Waals surface area contributed by atoms with Crippen molar-refractivity contribution in [3.63, 3.8) is 0 Å². The molecule has 0 spiro atoms. The molecule has 2 aliphatic heterocycles. The average molecular weight is 348 g/mol. The quantitative estimate of drug-likeness (QED) is 0.724. The molecule has 8 heteroatoms. The van der Waals surface area contributed by atoms with Gasteiger partial charge in [-0.3, -0.25) is 4.79 Å². The highest BCUT2D eigenvalue weighted by atomic mass is 32.2. The first-order chi connectivity index (χ1) is 10.9. The molecule has 2 rings (SSSR count). The van der Waals surface area contributed by atoms with Crippen molar-refractivity contribution in [3.05, 3.63) is 0 Å². The van der Waals surface area contributed by atoms with Gasteiger partial charge in [-0.05, 0) is 32.6 Å². The summed E-state index contributed by atoms with van der Waals surface area (Å²) < 4.78 is 37.7. The summed E-state index contributed by atoms with van der Waals surface area (Å²) in [6.07, 6.45) is 3.15. The fourth-order valence-electron chi connectivity index (χ4n) is 3.02. The molecule has 2 saturated heterocycles. The number of carbonyl (C=O) groups is 1. The van der Waals surface area contributed by atoms with Crippen LogP contribution < -0.4 is 4.72 Å². The van der Waals surface area contributed by atoms with E-state index in [1.165, 1.54) is 0 Å². The molecule has 1 amide bonds. The monoisotopic (exact) mass is 348 g/mol. The van der Waals surface area contributed by atoms with Gasteiger partial charge in [-0.25, -0.2) is 13.1 Å². The van der Waals surface area contributed by atoms with Crippen molar-refractivity contribution in [2.24, 2.45) is 0 Å². The van der Waals surface area contributed by atoms with Crippen molar-refractivity contribution >= 4 is 15.9 Å². The summed E-state index contributed by atoms with van der Waals surface area (Å²) in [4.78, 5) is 14.0. The van der Waals surface area contributed by atoms with Gasteiger partial charge in [-0.15, -0.1) is 0 Å². The Balaban J connectivity index is 1.79. The Morgan fingerprint density at radius 3 is 2.83 bits per heavy atom. The molecule has 0 radical (unpaired) electrons. The SMILES string of the molecule is CCNS(=O)(=O)C1CCN(C(=O)C(C)OCC2CCCCO2)C1. The zero-order chi connectivity index (χ0) is 16.9. The number of hydrogen-bond donors (Lipinski definition) is 1. The van der Waals surface area contributed by atoms with Crippen molar-refractivity contribution in [1.82, 2.24) is 9.62 Å². The predicted octanol–water partition coefficient (Wildman–Crippen LogP) is 0.501. The first-order valence-corrected chi connectivity index (χ1v) is 9.99. The van der Waals surface area contributed by atoms with E-state index in [0.717, 1.165) is 25.9 Å². The Morgan fingerprint density at radius 2 is 2.17 bits per heavy atom. The van der Waals surface area contributed by atoms with Crippen molar-refractivity contribution in [2.45, 2.75) is 57.0 Å². The van der Waals surface area contributed by atoms with Gasteiger partial charge in [0.15, 0.2) is 0 Å². The number of nitrogens with one attached hydrogen (secondary N) is 1. The molecular weight excluding hydrogens is 320 g/mol. The van der Waals surface area contributed by atoms with E-state index in [2.05, 4.69) is 4.72 Å². The first-order valence-electron chi connectivity index (χ1n) is 8.44. The Morgan fingerprint density at radius 1 is 1.39 bits per heavy atom. The summed E-state index contributed by atoms with van der Waals surface area (Å²) in [6.45, 7) is 5.71. The average Bonchev–Trinajstić information content (AvgIpc) is 3.03. The zero-order valence-electron chi connectivity index (χ0n) is 14.0. The lowest BCUT2D eigenvalue weighted by Crippen LogP contribution is -2.41. The maximum absolute atomic E-state index is 12.4. The molecule has 0 bridgehead atoms. The van der Waals surface area contributed by atoms with E-state index in [4.69, 9.17) is 9.47 Å². The number of hydrogen-bond acceptors (Lipinski definition) is 5. The number of rotatable bonds is 7. The highest BCUT2D eigenvalue weighted by molar-refractivity contribution is 7.90. The Kier molecular flexibility index (Phi) is 6.82. The van der Waals surface area contributed by atoms with Gasteiger partial charge >= 0.3 is 0 Å². The van der Waals surface area contributed by atoms with E-state index in [1.807, 2.05) is 0 Å². The van der Waals surface area contributed by atoms with Gasteiger partial charge in [0.2, 0.25) is 10.0 Å². The van der Waals surface area contributed by atoms with Crippen LogP contribution in [0.15, 0.2) is 0 Å². The van der Waals surface area contributed by atoms with E-state index in [9.17, 15) is 13.2 Å². The molecule has 2 aliphatic rings. The Labute approximate surface area is 138 Å². The van der Waals surface area contributed by atoms with Crippen LogP contribution in [-0.2, 0) is 24.3 Å². The molecule has 2 heterocycles. The normalized spacial score (nSPS) is 27.1. The smallest absolute Gasteiger partial charge is 0.251 e. The molecule has 3 unspecified atom stereocenters. The van der Waals surface area contributed by atoms with Crippen LogP contribution in [0.4, 0.5) is 0 Å². The second-order valence-corrected chi connectivity index (χ2v) is 8.25. The lowest BCUT2D eigenvalue weighted by Gasteiger charge is -2.25. The van der Waals surface area contributed by atoms with Crippen molar-refractivity contribution in [3.8, 4) is 0 Å². The molecular formula is C15H28N2O5S. The minimum atomic E-state index is -3.34. The van der Waals surface area contributed by atoms with Gasteiger partial charge in [-0.2, -0.15) is 0 Å². The Bertz CT molecular complexity index is 490. The van der Waals surface area contributed by atoms with Gasteiger partial charge < -0.3 is 14.4 Å². The molecule has 3 atom stereocenters. The number of nitrogens with zero attached hydrogens (tertiary/aromatic N) is 1. The van der Waals surface area contributed by atoms with Gasteiger partial charge in [0, 0.05) is 26.2 Å². The molecule has 23 heavy (non-hydrogen) atoms. The fourth-order valence-corrected chi connectivity index (χ4v) is 4.45. The van der Waals surface area contributed by atoms with Crippen LogP contribution in [0.1, 0.15) is 39.5 Å². The van der Waals surface area contributed by atoms with Crippen molar-refractivity contribution in [1.29, 1.82) is 0 Å². The molecule has 0 aliphatic carbocycles. The molecule has 0 aromatic carbocycles. The van der Waals surface area contributed by atoms with Crippen molar-refractivity contribution < 1.29 is 22.7 Å². The standard InChI is InChI=1S/C15H28N2O5S/c1-3-16-23(19,20)14-7-8-17(10-14)15(18)12(2)22-11-13-6-4-5-9-21-13/h12-14,16H,3-11H2,1-2H3. The fraction of sp³-hybridized carbons (Fsp3) is 0.933. The van der Waals surface area contributed by atoms with E-state index in [-0.39, 0.29) is 18.6 Å². The van der Waals surface area contributed by atoms with E-state index >= 15 is 0 Å². The van der Waals surface area contributed by atoms with Crippen LogP contribution >= 0.6 is 0 Å². The summed E-state index contributed by atoms with van der Waals surface area (Å²) in [5.74, 6) is -0.144. The largest absolute Gasteiger partial charge is 0.376 e. The maximum atomic E-state index is 12.4. The highest BCUT2D eigenvalue weighted by Crippen LogP contribution is 2.18. The first kappa shape index (κ1) is 18.6. The predicted molar refractivity (Wildman–Crippen MR) is 86.6 cm³/mol. The third kappa shape index (κ3) is 5.14. The minimum Gasteiger partial charge on any atom is -0.376 e. The van der Waals surface area contributed by atoms with E-state index in [0.29, 0.717) is 26.1 Å². The molecule has 134 valence electrons. The summed E-state index contributed by atoms with van der Waals surface area (Å²) in [5, 5.41) is -0.528. The van der Waals surface area contributed by atoms with Crippen LogP contribution in [0.3, 0.4) is 0 Å². The molecule has 1 N–H and O–H groups in total. The van der Waals surface area contributed by atoms with Crippen LogP contribution in [0, 0.1) is 0 Å². The number of sulfonamides is 1. The molecule has 0 aromatic heterocycles. The summed E-state index contributed by atoms with van der Waals surface area (Å²) in [6, 6.07) is 0. The third-order valence-electron chi connectivity index (χ3n) is 4.39. The third-order valence-corrected chi connectivity index (χ3v) is 6.35. The van der Waals surface area contributed by atoms with Crippen molar-refractivity contribution in [2.75, 3.05) is 32.8 Å². The molecule has 7 nitrogen and oxygen atoms in total. The summed E-state index contributed by atoms with van der Waals surface area (Å²) in [5.41, 5.74) is 0. The highest BCUT2D eigenvalue weighted by Gasteiger charge is 2.36. The van der Waals surface area contributed by atoms with Crippen LogP contribution in [-0.4, -0.2) is 69.5 Å². The van der Waals surface area contributed by atoms with E-state index < -0.39 is 21.4 Å². The van der Waals surface area contributed by atoms with Gasteiger partial charge in [0.1, 0.15) is 6.10 Å². The molecule has 0 aromatic rings. The number of carbonyl (C=O) groups excluding carboxylic acids is 1. The topological polar surface area (TPSA) is 84.9 Å². The Hall–Kier alpha value is -0.700. The van der Waals surface area contributed by atoms with E-state index in [1.54, 1.807) is 18.7 Å². The zero-order valence-corrected chi connectivity index (χ0v) is 14.8. The molecule has 2 fully saturated rings. The lowest BCUT2D eigenvalue weighted by atomic mass is 10.1. The van der Waals surface area contributed by atoms with Crippen LogP contribution in [0.2, 0.25) is 0 Å². The number of likely N-dealkylation sites (tertiary alicyclic amines) is 1.